The Morgan fingerprint density at radius 2 is 1.79 bits per heavy atom. The molecule has 0 radical (unpaired) electrons. The number of carbonyl (C=O) groups is 1. The van der Waals surface area contributed by atoms with Crippen LogP contribution in [0.4, 0.5) is 0 Å². The summed E-state index contributed by atoms with van der Waals surface area (Å²) in [5.74, 6) is -1.000. The molecule has 5 nitrogen and oxygen atoms in total. The third-order valence-corrected chi connectivity index (χ3v) is 6.26. The predicted molar refractivity (Wildman–Crippen MR) is 88.8 cm³/mol. The van der Waals surface area contributed by atoms with E-state index in [0.29, 0.717) is 0 Å². The van der Waals surface area contributed by atoms with Gasteiger partial charge < -0.3 is 4.74 Å². The minimum Gasteiger partial charge on any atom is -0.453 e. The van der Waals surface area contributed by atoms with Gasteiger partial charge in [-0.2, -0.15) is 8.42 Å². The summed E-state index contributed by atoms with van der Waals surface area (Å²) >= 11 is 0. The average molecular weight is 350 g/mol. The molecule has 24 heavy (non-hydrogen) atoms. The van der Waals surface area contributed by atoms with Crippen molar-refractivity contribution in [3.63, 3.8) is 0 Å². The van der Waals surface area contributed by atoms with Crippen molar-refractivity contribution in [3.05, 3.63) is 42.0 Å². The van der Waals surface area contributed by atoms with Gasteiger partial charge >= 0.3 is 5.97 Å². The maximum absolute atomic E-state index is 12.6. The van der Waals surface area contributed by atoms with Crippen LogP contribution in [0.3, 0.4) is 0 Å². The van der Waals surface area contributed by atoms with Crippen molar-refractivity contribution in [1.29, 1.82) is 0 Å². The molecule has 0 aromatic heterocycles. The fraction of sp³-hybridized carbons (Fsp3) is 0.500. The van der Waals surface area contributed by atoms with Crippen molar-refractivity contribution in [2.45, 2.75) is 50.7 Å². The predicted octanol–water partition coefficient (Wildman–Crippen LogP) is 2.99. The number of rotatable bonds is 3. The lowest BCUT2D eigenvalue weighted by Gasteiger charge is -2.42. The van der Waals surface area contributed by atoms with Gasteiger partial charge in [0.05, 0.1) is 4.90 Å². The van der Waals surface area contributed by atoms with Gasteiger partial charge in [-0.3, -0.25) is 4.18 Å². The fourth-order valence-corrected chi connectivity index (χ4v) is 4.86. The third kappa shape index (κ3) is 2.78. The minimum atomic E-state index is -4.05. The minimum absolute atomic E-state index is 0.0404. The summed E-state index contributed by atoms with van der Waals surface area (Å²) in [6.07, 6.45) is 3.40. The number of benzene rings is 1. The summed E-state index contributed by atoms with van der Waals surface area (Å²) in [6.45, 7) is 7.66. The Hall–Kier alpha value is -1.66. The van der Waals surface area contributed by atoms with Gasteiger partial charge in [-0.25, -0.2) is 4.79 Å². The Balaban J connectivity index is 1.95. The molecule has 1 aliphatic heterocycles. The summed E-state index contributed by atoms with van der Waals surface area (Å²) in [6, 6.07) is 6.35. The molecule has 0 unspecified atom stereocenters. The first-order valence-electron chi connectivity index (χ1n) is 7.96. The Kier molecular flexibility index (Phi) is 3.88. The second-order valence-electron chi connectivity index (χ2n) is 7.46. The highest BCUT2D eigenvalue weighted by Crippen LogP contribution is 2.51. The Morgan fingerprint density at radius 3 is 2.42 bits per heavy atom. The fourth-order valence-electron chi connectivity index (χ4n) is 3.81. The molecule has 0 saturated carbocycles. The molecule has 1 aromatic rings. The van der Waals surface area contributed by atoms with E-state index in [2.05, 4.69) is 0 Å². The average Bonchev–Trinajstić information content (AvgIpc) is 2.70. The van der Waals surface area contributed by atoms with Crippen LogP contribution in [0.25, 0.3) is 0 Å². The molecule has 3 rings (SSSR count). The molecular formula is C18H22O5S. The number of hydrogen-bond acceptors (Lipinski definition) is 5. The van der Waals surface area contributed by atoms with Crippen molar-refractivity contribution in [2.24, 2.45) is 11.3 Å². The van der Waals surface area contributed by atoms with Crippen molar-refractivity contribution in [2.75, 3.05) is 0 Å². The number of hydrogen-bond donors (Lipinski definition) is 0. The zero-order valence-electron chi connectivity index (χ0n) is 14.3. The van der Waals surface area contributed by atoms with E-state index in [1.54, 1.807) is 19.1 Å². The SMILES string of the molecule is Cc1ccc(S(=O)(=O)O[C@H]2C(=O)O[C@]3(C)C=CCC(C)(C)[C@H]23)cc1. The zero-order valence-corrected chi connectivity index (χ0v) is 15.1. The van der Waals surface area contributed by atoms with Crippen LogP contribution >= 0.6 is 0 Å². The third-order valence-electron chi connectivity index (χ3n) is 4.95. The maximum atomic E-state index is 12.6. The van der Waals surface area contributed by atoms with Crippen LogP contribution in [-0.2, 0) is 23.8 Å². The van der Waals surface area contributed by atoms with Gasteiger partial charge in [-0.1, -0.05) is 37.6 Å². The van der Waals surface area contributed by atoms with E-state index in [1.165, 1.54) is 12.1 Å². The van der Waals surface area contributed by atoms with Crippen LogP contribution in [-0.4, -0.2) is 26.1 Å². The second kappa shape index (κ2) is 5.43. The van der Waals surface area contributed by atoms with Gasteiger partial charge in [-0.05, 0) is 43.9 Å². The highest BCUT2D eigenvalue weighted by atomic mass is 32.2. The summed E-state index contributed by atoms with van der Waals surface area (Å²) in [5.41, 5.74) is -0.213. The van der Waals surface area contributed by atoms with Crippen LogP contribution in [0.15, 0.2) is 41.3 Å². The lowest BCUT2D eigenvalue weighted by Crippen LogP contribution is -2.47. The molecule has 2 aliphatic rings. The lowest BCUT2D eigenvalue weighted by atomic mass is 9.64. The van der Waals surface area contributed by atoms with E-state index in [-0.39, 0.29) is 16.2 Å². The first-order valence-corrected chi connectivity index (χ1v) is 9.36. The van der Waals surface area contributed by atoms with Gasteiger partial charge in [-0.15, -0.1) is 0 Å². The second-order valence-corrected chi connectivity index (χ2v) is 9.03. The van der Waals surface area contributed by atoms with E-state index in [4.69, 9.17) is 8.92 Å². The Labute approximate surface area is 142 Å². The van der Waals surface area contributed by atoms with Crippen LogP contribution < -0.4 is 0 Å². The molecular weight excluding hydrogens is 328 g/mol. The molecule has 0 bridgehead atoms. The number of carbonyl (C=O) groups excluding carboxylic acids is 1. The molecule has 1 heterocycles. The van der Waals surface area contributed by atoms with Crippen LogP contribution in [0.2, 0.25) is 0 Å². The smallest absolute Gasteiger partial charge is 0.338 e. The first kappa shape index (κ1) is 17.2. The Morgan fingerprint density at radius 1 is 1.17 bits per heavy atom. The van der Waals surface area contributed by atoms with E-state index in [1.807, 2.05) is 32.9 Å². The van der Waals surface area contributed by atoms with Gasteiger partial charge in [0.25, 0.3) is 10.1 Å². The van der Waals surface area contributed by atoms with Crippen LogP contribution in [0.1, 0.15) is 32.8 Å². The van der Waals surface area contributed by atoms with Crippen molar-refractivity contribution in [3.8, 4) is 0 Å². The summed E-state index contributed by atoms with van der Waals surface area (Å²) in [4.78, 5) is 12.4. The van der Waals surface area contributed by atoms with Crippen LogP contribution in [0.5, 0.6) is 0 Å². The van der Waals surface area contributed by atoms with Crippen LogP contribution in [0, 0.1) is 18.3 Å². The molecule has 6 heteroatoms. The largest absolute Gasteiger partial charge is 0.453 e. The van der Waals surface area contributed by atoms with E-state index in [9.17, 15) is 13.2 Å². The quantitative estimate of drug-likeness (QED) is 0.476. The highest BCUT2D eigenvalue weighted by molar-refractivity contribution is 7.86. The zero-order chi connectivity index (χ0) is 17.8. The molecule has 0 N–H and O–H groups in total. The summed E-state index contributed by atoms with van der Waals surface area (Å²) in [5, 5.41) is 0. The summed E-state index contributed by atoms with van der Waals surface area (Å²) in [7, 11) is -4.05. The highest BCUT2D eigenvalue weighted by Gasteiger charge is 2.60. The lowest BCUT2D eigenvalue weighted by molar-refractivity contribution is -0.148. The number of ether oxygens (including phenoxy) is 1. The van der Waals surface area contributed by atoms with Gasteiger partial charge in [0.15, 0.2) is 6.10 Å². The Bertz CT molecular complexity index is 791. The van der Waals surface area contributed by atoms with Crippen molar-refractivity contribution < 1.29 is 22.1 Å². The number of allylic oxidation sites excluding steroid dienone is 1. The van der Waals surface area contributed by atoms with E-state index >= 15 is 0 Å². The van der Waals surface area contributed by atoms with Crippen molar-refractivity contribution >= 4 is 16.1 Å². The molecule has 1 aromatic carbocycles. The van der Waals surface area contributed by atoms with Gasteiger partial charge in [0, 0.05) is 5.92 Å². The molecule has 1 saturated heterocycles. The van der Waals surface area contributed by atoms with Gasteiger partial charge in [0.1, 0.15) is 5.60 Å². The molecule has 1 aliphatic carbocycles. The number of esters is 1. The molecule has 0 amide bonds. The maximum Gasteiger partial charge on any atom is 0.338 e. The standard InChI is InChI=1S/C18H22O5S/c1-12-6-8-13(9-7-12)24(20,21)23-14-15-17(2,3)10-5-11-18(15,4)22-16(14)19/h5-9,11,14-15H,10H2,1-4H3/t14-,15+,18-/m1/s1. The monoisotopic (exact) mass is 350 g/mol. The molecule has 0 spiro atoms. The van der Waals surface area contributed by atoms with E-state index < -0.39 is 27.8 Å². The molecule has 130 valence electrons. The van der Waals surface area contributed by atoms with Crippen molar-refractivity contribution in [1.82, 2.24) is 0 Å². The van der Waals surface area contributed by atoms with Gasteiger partial charge in [0.2, 0.25) is 0 Å². The van der Waals surface area contributed by atoms with E-state index in [0.717, 1.165) is 12.0 Å². The number of aryl methyl sites for hydroxylation is 1. The summed E-state index contributed by atoms with van der Waals surface area (Å²) < 4.78 is 36.0. The normalized spacial score (nSPS) is 31.6. The molecule has 3 atom stereocenters. The molecule has 1 fully saturated rings. The first-order chi connectivity index (χ1) is 11.1. The topological polar surface area (TPSA) is 69.7 Å². The number of fused-ring (bicyclic) bond motifs is 1.